The van der Waals surface area contributed by atoms with E-state index in [4.69, 9.17) is 9.84 Å². The van der Waals surface area contributed by atoms with Gasteiger partial charge in [-0.25, -0.2) is 0 Å². The Morgan fingerprint density at radius 2 is 1.75 bits per heavy atom. The van der Waals surface area contributed by atoms with Gasteiger partial charge in [-0.2, -0.15) is 0 Å². The van der Waals surface area contributed by atoms with Gasteiger partial charge in [0.05, 0.1) is 18.9 Å². The Morgan fingerprint density at radius 3 is 2.38 bits per heavy atom. The van der Waals surface area contributed by atoms with E-state index in [0.717, 1.165) is 11.3 Å². The summed E-state index contributed by atoms with van der Waals surface area (Å²) in [6.45, 7) is 3.90. The van der Waals surface area contributed by atoms with Gasteiger partial charge in [-0.3, -0.25) is 9.59 Å². The molecule has 126 valence electrons. The van der Waals surface area contributed by atoms with Crippen LogP contribution < -0.4 is 10.1 Å². The van der Waals surface area contributed by atoms with Crippen molar-refractivity contribution in [1.29, 1.82) is 0 Å². The number of aliphatic carboxylic acids is 1. The van der Waals surface area contributed by atoms with Crippen LogP contribution in [0, 0.1) is 0 Å². The standard InChI is InChI=1S/C19H21NO4/c1-13(2)24-17-5-3-4-15(10-17)11-18(21)20-16-8-6-14(7-9-16)12-19(22)23/h3-10,13H,11-12H2,1-2H3,(H,20,21)(H,22,23). The quantitative estimate of drug-likeness (QED) is 0.818. The number of anilines is 1. The van der Waals surface area contributed by atoms with Gasteiger partial charge < -0.3 is 15.2 Å². The van der Waals surface area contributed by atoms with Crippen molar-refractivity contribution in [1.82, 2.24) is 0 Å². The number of ether oxygens (including phenoxy) is 1. The Hall–Kier alpha value is -2.82. The third-order valence-corrected chi connectivity index (χ3v) is 3.23. The Bertz CT molecular complexity index is 708. The fourth-order valence-corrected chi connectivity index (χ4v) is 2.27. The van der Waals surface area contributed by atoms with Crippen LogP contribution in [-0.2, 0) is 22.4 Å². The molecule has 0 aliphatic rings. The van der Waals surface area contributed by atoms with Crippen molar-refractivity contribution < 1.29 is 19.4 Å². The molecule has 0 aliphatic heterocycles. The van der Waals surface area contributed by atoms with Crippen LogP contribution in [0.1, 0.15) is 25.0 Å². The van der Waals surface area contributed by atoms with Crippen LogP contribution in [0.5, 0.6) is 5.75 Å². The molecule has 2 rings (SSSR count). The number of hydrogen-bond acceptors (Lipinski definition) is 3. The molecule has 0 saturated carbocycles. The number of carbonyl (C=O) groups is 2. The van der Waals surface area contributed by atoms with E-state index in [1.54, 1.807) is 24.3 Å². The zero-order chi connectivity index (χ0) is 17.5. The lowest BCUT2D eigenvalue weighted by Gasteiger charge is -2.11. The summed E-state index contributed by atoms with van der Waals surface area (Å²) in [4.78, 5) is 22.8. The number of carbonyl (C=O) groups excluding carboxylic acids is 1. The van der Waals surface area contributed by atoms with E-state index >= 15 is 0 Å². The summed E-state index contributed by atoms with van der Waals surface area (Å²) in [6, 6.07) is 14.3. The minimum absolute atomic E-state index is 0.0309. The topological polar surface area (TPSA) is 75.6 Å². The van der Waals surface area contributed by atoms with E-state index in [1.165, 1.54) is 0 Å². The summed E-state index contributed by atoms with van der Waals surface area (Å²) in [6.07, 6.45) is 0.293. The average Bonchev–Trinajstić information content (AvgIpc) is 2.48. The summed E-state index contributed by atoms with van der Waals surface area (Å²) in [7, 11) is 0. The fraction of sp³-hybridized carbons (Fsp3) is 0.263. The van der Waals surface area contributed by atoms with E-state index < -0.39 is 5.97 Å². The molecule has 2 aromatic rings. The van der Waals surface area contributed by atoms with Gasteiger partial charge in [0.15, 0.2) is 0 Å². The Labute approximate surface area is 141 Å². The second-order valence-electron chi connectivity index (χ2n) is 5.81. The molecule has 0 atom stereocenters. The van der Waals surface area contributed by atoms with Crippen LogP contribution in [0.4, 0.5) is 5.69 Å². The first-order valence-electron chi connectivity index (χ1n) is 7.78. The van der Waals surface area contributed by atoms with Crippen LogP contribution in [0.3, 0.4) is 0 Å². The molecule has 0 spiro atoms. The molecule has 0 saturated heterocycles. The van der Waals surface area contributed by atoms with E-state index in [1.807, 2.05) is 38.1 Å². The summed E-state index contributed by atoms with van der Waals surface area (Å²) < 4.78 is 5.62. The third kappa shape index (κ3) is 5.76. The van der Waals surface area contributed by atoms with E-state index in [0.29, 0.717) is 11.3 Å². The van der Waals surface area contributed by atoms with Gasteiger partial charge in [-0.1, -0.05) is 24.3 Å². The SMILES string of the molecule is CC(C)Oc1cccc(CC(=O)Nc2ccc(CC(=O)O)cc2)c1. The average molecular weight is 327 g/mol. The minimum Gasteiger partial charge on any atom is -0.491 e. The number of rotatable bonds is 7. The highest BCUT2D eigenvalue weighted by Gasteiger charge is 2.07. The zero-order valence-corrected chi connectivity index (χ0v) is 13.8. The maximum Gasteiger partial charge on any atom is 0.307 e. The van der Waals surface area contributed by atoms with Gasteiger partial charge >= 0.3 is 5.97 Å². The van der Waals surface area contributed by atoms with Gasteiger partial charge in [0.2, 0.25) is 5.91 Å². The van der Waals surface area contributed by atoms with Gasteiger partial charge in [0.1, 0.15) is 5.75 Å². The van der Waals surface area contributed by atoms with Gasteiger partial charge in [0.25, 0.3) is 0 Å². The molecule has 0 radical (unpaired) electrons. The minimum atomic E-state index is -0.879. The van der Waals surface area contributed by atoms with Crippen molar-refractivity contribution in [2.45, 2.75) is 32.8 Å². The summed E-state index contributed by atoms with van der Waals surface area (Å²) in [5, 5.41) is 11.5. The molecule has 5 nitrogen and oxygen atoms in total. The fourth-order valence-electron chi connectivity index (χ4n) is 2.27. The van der Waals surface area contributed by atoms with Gasteiger partial charge in [-0.15, -0.1) is 0 Å². The molecular formula is C19H21NO4. The molecule has 24 heavy (non-hydrogen) atoms. The molecule has 1 amide bonds. The van der Waals surface area contributed by atoms with Gasteiger partial charge in [-0.05, 0) is 49.2 Å². The van der Waals surface area contributed by atoms with Crippen LogP contribution in [0.15, 0.2) is 48.5 Å². The lowest BCUT2D eigenvalue weighted by atomic mass is 10.1. The first kappa shape index (κ1) is 17.5. The molecule has 0 heterocycles. The number of amides is 1. The van der Waals surface area contributed by atoms with Crippen molar-refractivity contribution in [2.75, 3.05) is 5.32 Å². The number of carboxylic acid groups (broad SMARTS) is 1. The predicted octanol–water partition coefficient (Wildman–Crippen LogP) is 3.28. The van der Waals surface area contributed by atoms with E-state index in [2.05, 4.69) is 5.32 Å². The Kier molecular flexibility index (Phi) is 5.95. The number of benzene rings is 2. The molecule has 0 unspecified atom stereocenters. The smallest absolute Gasteiger partial charge is 0.307 e. The highest BCUT2D eigenvalue weighted by molar-refractivity contribution is 5.92. The number of nitrogens with one attached hydrogen (secondary N) is 1. The lowest BCUT2D eigenvalue weighted by molar-refractivity contribution is -0.136. The van der Waals surface area contributed by atoms with Crippen LogP contribution in [-0.4, -0.2) is 23.1 Å². The molecule has 5 heteroatoms. The summed E-state index contributed by atoms with van der Waals surface area (Å²) >= 11 is 0. The monoisotopic (exact) mass is 327 g/mol. The van der Waals surface area contributed by atoms with Crippen LogP contribution >= 0.6 is 0 Å². The summed E-state index contributed by atoms with van der Waals surface area (Å²) in [5.41, 5.74) is 2.20. The largest absolute Gasteiger partial charge is 0.491 e. The Morgan fingerprint density at radius 1 is 1.04 bits per heavy atom. The van der Waals surface area contributed by atoms with Crippen LogP contribution in [0.25, 0.3) is 0 Å². The first-order chi connectivity index (χ1) is 11.4. The molecule has 2 aromatic carbocycles. The second-order valence-corrected chi connectivity index (χ2v) is 5.81. The van der Waals surface area contributed by atoms with E-state index in [9.17, 15) is 9.59 Å². The molecule has 0 aromatic heterocycles. The number of hydrogen-bond donors (Lipinski definition) is 2. The van der Waals surface area contributed by atoms with Gasteiger partial charge in [0, 0.05) is 5.69 Å². The highest BCUT2D eigenvalue weighted by atomic mass is 16.5. The van der Waals surface area contributed by atoms with Crippen molar-refractivity contribution >= 4 is 17.6 Å². The first-order valence-corrected chi connectivity index (χ1v) is 7.78. The molecule has 0 bridgehead atoms. The number of carboxylic acids is 1. The lowest BCUT2D eigenvalue weighted by Crippen LogP contribution is -2.14. The van der Waals surface area contributed by atoms with Crippen molar-refractivity contribution in [3.05, 3.63) is 59.7 Å². The summed E-state index contributed by atoms with van der Waals surface area (Å²) in [5.74, 6) is -0.272. The predicted molar refractivity (Wildman–Crippen MR) is 92.3 cm³/mol. The van der Waals surface area contributed by atoms with E-state index in [-0.39, 0.29) is 24.9 Å². The maximum absolute atomic E-state index is 12.1. The zero-order valence-electron chi connectivity index (χ0n) is 13.8. The normalized spacial score (nSPS) is 10.5. The highest BCUT2D eigenvalue weighted by Crippen LogP contribution is 2.16. The third-order valence-electron chi connectivity index (χ3n) is 3.23. The van der Waals surface area contributed by atoms with Crippen molar-refractivity contribution in [2.24, 2.45) is 0 Å². The maximum atomic E-state index is 12.1. The molecule has 0 aliphatic carbocycles. The Balaban J connectivity index is 1.94. The van der Waals surface area contributed by atoms with Crippen molar-refractivity contribution in [3.63, 3.8) is 0 Å². The van der Waals surface area contributed by atoms with Crippen LogP contribution in [0.2, 0.25) is 0 Å². The van der Waals surface area contributed by atoms with Crippen molar-refractivity contribution in [3.8, 4) is 5.75 Å². The molecular weight excluding hydrogens is 306 g/mol. The second kappa shape index (κ2) is 8.15. The molecule has 0 fully saturated rings. The molecule has 2 N–H and O–H groups in total.